The summed E-state index contributed by atoms with van der Waals surface area (Å²) in [6.07, 6.45) is 0.762. The average molecular weight is 554 g/mol. The molecule has 1 aromatic rings. The minimum Gasteiger partial charge on any atom is -0.444 e. The van der Waals surface area contributed by atoms with Crippen LogP contribution in [-0.4, -0.2) is 58.5 Å². The lowest BCUT2D eigenvalue weighted by Crippen LogP contribution is -2.40. The zero-order valence-electron chi connectivity index (χ0n) is 18.2. The number of hydrogen-bond donors (Lipinski definition) is 3. The van der Waals surface area contributed by atoms with E-state index in [9.17, 15) is 13.2 Å². The fraction of sp³-hybridized carbons (Fsp3) is 0.600. The molecule has 0 saturated carbocycles. The molecule has 172 valence electrons. The standard InChI is InChI=1S/C20H34N4O4S.HI/c1-20(2,3)28-19(25)24-13-8-12-22-18(21-4)23-14-9-15-29(26,27)16-17-10-6-5-7-11-17;/h5-7,10-11H,8-9,12-16H2,1-4H3,(H,24,25)(H2,21,22,23);1H. The number of alkyl carbamates (subject to hydrolysis) is 1. The van der Waals surface area contributed by atoms with E-state index in [4.69, 9.17) is 4.74 Å². The summed E-state index contributed by atoms with van der Waals surface area (Å²) in [5.74, 6) is 0.777. The molecule has 0 fully saturated rings. The SMILES string of the molecule is CN=C(NCCCNC(=O)OC(C)(C)C)NCCCS(=O)(=O)Cc1ccccc1.I. The van der Waals surface area contributed by atoms with Crippen LogP contribution in [0.25, 0.3) is 0 Å². The summed E-state index contributed by atoms with van der Waals surface area (Å²) in [6.45, 7) is 7.05. The number of ether oxygens (including phenoxy) is 1. The maximum atomic E-state index is 12.2. The van der Waals surface area contributed by atoms with Gasteiger partial charge in [-0.2, -0.15) is 0 Å². The fourth-order valence-electron chi connectivity index (χ4n) is 2.42. The quantitative estimate of drug-likeness (QED) is 0.178. The van der Waals surface area contributed by atoms with E-state index in [-0.39, 0.29) is 35.5 Å². The Labute approximate surface area is 197 Å². The highest BCUT2D eigenvalue weighted by molar-refractivity contribution is 14.0. The van der Waals surface area contributed by atoms with Crippen LogP contribution in [-0.2, 0) is 20.3 Å². The van der Waals surface area contributed by atoms with Gasteiger partial charge in [-0.1, -0.05) is 30.3 Å². The van der Waals surface area contributed by atoms with Gasteiger partial charge in [0.1, 0.15) is 5.60 Å². The Hall–Kier alpha value is -1.56. The molecule has 0 aliphatic carbocycles. The molecule has 0 radical (unpaired) electrons. The van der Waals surface area contributed by atoms with E-state index in [0.717, 1.165) is 5.56 Å². The minimum atomic E-state index is -3.14. The summed E-state index contributed by atoms with van der Waals surface area (Å²) in [7, 11) is -1.48. The van der Waals surface area contributed by atoms with Gasteiger partial charge in [0.2, 0.25) is 0 Å². The molecular weight excluding hydrogens is 519 g/mol. The second-order valence-corrected chi connectivity index (χ2v) is 9.82. The third-order valence-corrected chi connectivity index (χ3v) is 5.38. The van der Waals surface area contributed by atoms with Gasteiger partial charge in [0.25, 0.3) is 0 Å². The van der Waals surface area contributed by atoms with Crippen molar-refractivity contribution in [3.8, 4) is 0 Å². The van der Waals surface area contributed by atoms with E-state index in [1.807, 2.05) is 51.1 Å². The van der Waals surface area contributed by atoms with E-state index in [1.54, 1.807) is 7.05 Å². The maximum absolute atomic E-state index is 12.2. The first-order valence-electron chi connectivity index (χ1n) is 9.77. The lowest BCUT2D eigenvalue weighted by molar-refractivity contribution is 0.0527. The lowest BCUT2D eigenvalue weighted by atomic mass is 10.2. The number of carbonyl (C=O) groups excluding carboxylic acids is 1. The van der Waals surface area contributed by atoms with E-state index in [1.165, 1.54) is 0 Å². The molecule has 0 bridgehead atoms. The molecule has 0 saturated heterocycles. The topological polar surface area (TPSA) is 109 Å². The Bertz CT molecular complexity index is 750. The van der Waals surface area contributed by atoms with Crippen molar-refractivity contribution < 1.29 is 17.9 Å². The number of rotatable bonds is 10. The van der Waals surface area contributed by atoms with E-state index >= 15 is 0 Å². The first-order chi connectivity index (χ1) is 13.6. The largest absolute Gasteiger partial charge is 0.444 e. The highest BCUT2D eigenvalue weighted by Crippen LogP contribution is 2.07. The molecule has 0 heterocycles. The number of halogens is 1. The predicted octanol–water partition coefficient (Wildman–Crippen LogP) is 2.69. The summed E-state index contributed by atoms with van der Waals surface area (Å²) < 4.78 is 29.5. The molecule has 30 heavy (non-hydrogen) atoms. The number of amides is 1. The van der Waals surface area contributed by atoms with Crippen LogP contribution in [0.5, 0.6) is 0 Å². The predicted molar refractivity (Wildman–Crippen MR) is 132 cm³/mol. The smallest absolute Gasteiger partial charge is 0.407 e. The Balaban J connectivity index is 0.00000841. The summed E-state index contributed by atoms with van der Waals surface area (Å²) in [6, 6.07) is 9.18. The first kappa shape index (κ1) is 28.4. The fourth-order valence-corrected chi connectivity index (χ4v) is 3.85. The number of nitrogens with zero attached hydrogens (tertiary/aromatic N) is 1. The van der Waals surface area contributed by atoms with Crippen LogP contribution in [0.1, 0.15) is 39.2 Å². The van der Waals surface area contributed by atoms with Crippen LogP contribution >= 0.6 is 24.0 Å². The van der Waals surface area contributed by atoms with Gasteiger partial charge in [0.05, 0.1) is 11.5 Å². The summed E-state index contributed by atoms with van der Waals surface area (Å²) in [4.78, 5) is 15.6. The first-order valence-corrected chi connectivity index (χ1v) is 11.6. The van der Waals surface area contributed by atoms with E-state index in [2.05, 4.69) is 20.9 Å². The highest BCUT2D eigenvalue weighted by Gasteiger charge is 2.15. The van der Waals surface area contributed by atoms with Gasteiger partial charge in [-0.25, -0.2) is 13.2 Å². The van der Waals surface area contributed by atoms with Crippen LogP contribution in [0.3, 0.4) is 0 Å². The third-order valence-electron chi connectivity index (χ3n) is 3.69. The molecule has 1 aromatic carbocycles. The Morgan fingerprint density at radius 3 is 2.13 bits per heavy atom. The molecule has 0 unspecified atom stereocenters. The summed E-state index contributed by atoms with van der Waals surface area (Å²) in [5, 5.41) is 8.92. The van der Waals surface area contributed by atoms with E-state index in [0.29, 0.717) is 38.4 Å². The molecule has 0 atom stereocenters. The Morgan fingerprint density at radius 1 is 1.00 bits per heavy atom. The van der Waals surface area contributed by atoms with Gasteiger partial charge >= 0.3 is 6.09 Å². The number of hydrogen-bond acceptors (Lipinski definition) is 5. The van der Waals surface area contributed by atoms with Crippen molar-refractivity contribution in [2.75, 3.05) is 32.4 Å². The van der Waals surface area contributed by atoms with Crippen molar-refractivity contribution in [1.29, 1.82) is 0 Å². The third kappa shape index (κ3) is 14.4. The molecule has 0 aliphatic rings. The van der Waals surface area contributed by atoms with Crippen molar-refractivity contribution in [2.45, 2.75) is 45.0 Å². The normalized spacial score (nSPS) is 11.9. The summed E-state index contributed by atoms with van der Waals surface area (Å²) >= 11 is 0. The number of aliphatic imine (C=N–C) groups is 1. The van der Waals surface area contributed by atoms with Crippen molar-refractivity contribution >= 4 is 45.9 Å². The number of sulfone groups is 1. The van der Waals surface area contributed by atoms with Gasteiger partial charge in [0, 0.05) is 26.7 Å². The average Bonchev–Trinajstić information content (AvgIpc) is 2.62. The molecular formula is C20H35IN4O4S. The van der Waals surface area contributed by atoms with Crippen molar-refractivity contribution in [3.63, 3.8) is 0 Å². The monoisotopic (exact) mass is 554 g/mol. The van der Waals surface area contributed by atoms with Crippen LogP contribution in [0.15, 0.2) is 35.3 Å². The highest BCUT2D eigenvalue weighted by atomic mass is 127. The number of carbonyl (C=O) groups is 1. The van der Waals surface area contributed by atoms with Crippen LogP contribution in [0, 0.1) is 0 Å². The van der Waals surface area contributed by atoms with Crippen LogP contribution in [0.4, 0.5) is 4.79 Å². The molecule has 0 spiro atoms. The van der Waals surface area contributed by atoms with Crippen LogP contribution < -0.4 is 16.0 Å². The van der Waals surface area contributed by atoms with Crippen molar-refractivity contribution in [3.05, 3.63) is 35.9 Å². The van der Waals surface area contributed by atoms with Gasteiger partial charge in [-0.05, 0) is 39.2 Å². The molecule has 8 nitrogen and oxygen atoms in total. The van der Waals surface area contributed by atoms with Crippen molar-refractivity contribution in [2.24, 2.45) is 4.99 Å². The second-order valence-electron chi connectivity index (χ2n) is 7.64. The molecule has 0 aromatic heterocycles. The van der Waals surface area contributed by atoms with Crippen molar-refractivity contribution in [1.82, 2.24) is 16.0 Å². The Kier molecular flexibility index (Phi) is 13.7. The second kappa shape index (κ2) is 14.4. The summed E-state index contributed by atoms with van der Waals surface area (Å²) in [5.41, 5.74) is 0.293. The number of nitrogens with one attached hydrogen (secondary N) is 3. The maximum Gasteiger partial charge on any atom is 0.407 e. The number of guanidine groups is 1. The molecule has 10 heteroatoms. The van der Waals surface area contributed by atoms with Gasteiger partial charge in [-0.3, -0.25) is 4.99 Å². The Morgan fingerprint density at radius 2 is 1.57 bits per heavy atom. The zero-order valence-corrected chi connectivity index (χ0v) is 21.4. The zero-order chi connectivity index (χ0) is 21.8. The minimum absolute atomic E-state index is 0. The van der Waals surface area contributed by atoms with Gasteiger partial charge < -0.3 is 20.7 Å². The lowest BCUT2D eigenvalue weighted by Gasteiger charge is -2.19. The molecule has 0 aliphatic heterocycles. The molecule has 1 rings (SSSR count). The van der Waals surface area contributed by atoms with Gasteiger partial charge in [0.15, 0.2) is 15.8 Å². The van der Waals surface area contributed by atoms with Crippen LogP contribution in [0.2, 0.25) is 0 Å². The molecule has 1 amide bonds. The van der Waals surface area contributed by atoms with Gasteiger partial charge in [-0.15, -0.1) is 24.0 Å². The molecule has 3 N–H and O–H groups in total. The van der Waals surface area contributed by atoms with E-state index < -0.39 is 21.5 Å². The number of benzene rings is 1.